The Morgan fingerprint density at radius 2 is 1.56 bits per heavy atom. The first-order chi connectivity index (χ1) is 8.93. The summed E-state index contributed by atoms with van der Waals surface area (Å²) >= 11 is 0. The van der Waals surface area contributed by atoms with Crippen molar-refractivity contribution >= 4 is 0 Å². The maximum Gasteiger partial charge on any atom is 0.116 e. The summed E-state index contributed by atoms with van der Waals surface area (Å²) in [6.07, 6.45) is 5.10. The van der Waals surface area contributed by atoms with Crippen molar-refractivity contribution in [3.8, 4) is 22.5 Å². The third kappa shape index (κ3) is 2.11. The molecule has 3 aromatic rings. The van der Waals surface area contributed by atoms with Gasteiger partial charge in [0.25, 0.3) is 0 Å². The van der Waals surface area contributed by atoms with Crippen LogP contribution in [0.1, 0.15) is 0 Å². The van der Waals surface area contributed by atoms with Crippen molar-refractivity contribution in [2.24, 2.45) is 0 Å². The molecule has 0 saturated heterocycles. The van der Waals surface area contributed by atoms with Gasteiger partial charge in [0, 0.05) is 23.5 Å². The molecule has 2 aromatic heterocycles. The molecule has 0 saturated carbocycles. The average Bonchev–Trinajstić information content (AvgIpc) is 2.49. The molecule has 0 spiro atoms. The molecule has 0 atom stereocenters. The van der Waals surface area contributed by atoms with Crippen LogP contribution in [-0.2, 0) is 0 Å². The number of pyridine rings is 1. The minimum atomic E-state index is 0.907. The first kappa shape index (κ1) is 10.6. The van der Waals surface area contributed by atoms with Crippen molar-refractivity contribution in [1.82, 2.24) is 15.0 Å². The van der Waals surface area contributed by atoms with Crippen LogP contribution in [0.3, 0.4) is 0 Å². The summed E-state index contributed by atoms with van der Waals surface area (Å²) in [6, 6.07) is 16.0. The topological polar surface area (TPSA) is 38.7 Å². The molecule has 3 rings (SSSR count). The molecule has 0 amide bonds. The highest BCUT2D eigenvalue weighted by atomic mass is 14.8. The molecular formula is C15H11N3. The molecule has 0 fully saturated rings. The predicted molar refractivity (Wildman–Crippen MR) is 70.7 cm³/mol. The number of benzene rings is 1. The van der Waals surface area contributed by atoms with Gasteiger partial charge in [-0.25, -0.2) is 9.97 Å². The van der Waals surface area contributed by atoms with Crippen LogP contribution in [0.4, 0.5) is 0 Å². The normalized spacial score (nSPS) is 10.2. The highest BCUT2D eigenvalue weighted by Crippen LogP contribution is 2.22. The zero-order valence-corrected chi connectivity index (χ0v) is 9.69. The third-order valence-electron chi connectivity index (χ3n) is 2.71. The van der Waals surface area contributed by atoms with Gasteiger partial charge in [-0.15, -0.1) is 0 Å². The maximum absolute atomic E-state index is 4.39. The number of nitrogens with zero attached hydrogens (tertiary/aromatic N) is 3. The van der Waals surface area contributed by atoms with Crippen molar-refractivity contribution in [2.75, 3.05) is 0 Å². The Labute approximate surface area is 105 Å². The Bertz CT molecular complexity index is 581. The van der Waals surface area contributed by atoms with Crippen LogP contribution in [0.25, 0.3) is 22.5 Å². The van der Waals surface area contributed by atoms with Gasteiger partial charge in [-0.2, -0.15) is 0 Å². The second kappa shape index (κ2) is 4.75. The third-order valence-corrected chi connectivity index (χ3v) is 2.71. The monoisotopic (exact) mass is 233 g/mol. The van der Waals surface area contributed by atoms with Crippen LogP contribution in [0.2, 0.25) is 0 Å². The average molecular weight is 233 g/mol. The van der Waals surface area contributed by atoms with E-state index in [0.29, 0.717) is 0 Å². The maximum atomic E-state index is 4.39. The molecular weight excluding hydrogens is 222 g/mol. The largest absolute Gasteiger partial charge is 0.256 e. The highest BCUT2D eigenvalue weighted by molar-refractivity contribution is 5.67. The summed E-state index contributed by atoms with van der Waals surface area (Å²) in [4.78, 5) is 12.6. The molecule has 0 N–H and O–H groups in total. The second-order valence-electron chi connectivity index (χ2n) is 3.89. The van der Waals surface area contributed by atoms with Gasteiger partial charge < -0.3 is 0 Å². The first-order valence-corrected chi connectivity index (χ1v) is 5.71. The Hall–Kier alpha value is -2.55. The van der Waals surface area contributed by atoms with Gasteiger partial charge in [0.15, 0.2) is 0 Å². The summed E-state index contributed by atoms with van der Waals surface area (Å²) in [5, 5.41) is 0. The lowest BCUT2D eigenvalue weighted by molar-refractivity contribution is 1.17. The molecule has 0 radical (unpaired) electrons. The number of hydrogen-bond donors (Lipinski definition) is 0. The van der Waals surface area contributed by atoms with E-state index in [-0.39, 0.29) is 0 Å². The highest BCUT2D eigenvalue weighted by Gasteiger charge is 2.02. The number of rotatable bonds is 2. The Kier molecular flexibility index (Phi) is 2.80. The van der Waals surface area contributed by atoms with E-state index in [1.54, 1.807) is 18.7 Å². The van der Waals surface area contributed by atoms with Gasteiger partial charge in [-0.3, -0.25) is 4.98 Å². The van der Waals surface area contributed by atoms with Crippen LogP contribution >= 0.6 is 0 Å². The van der Waals surface area contributed by atoms with E-state index in [1.165, 1.54) is 0 Å². The molecule has 0 aliphatic carbocycles. The second-order valence-corrected chi connectivity index (χ2v) is 3.89. The predicted octanol–water partition coefficient (Wildman–Crippen LogP) is 3.21. The minimum absolute atomic E-state index is 0.907. The zero-order valence-electron chi connectivity index (χ0n) is 9.69. The van der Waals surface area contributed by atoms with E-state index in [9.17, 15) is 0 Å². The van der Waals surface area contributed by atoms with Crippen molar-refractivity contribution in [3.05, 3.63) is 67.3 Å². The van der Waals surface area contributed by atoms with Crippen LogP contribution in [-0.4, -0.2) is 15.0 Å². The first-order valence-electron chi connectivity index (χ1n) is 5.71. The van der Waals surface area contributed by atoms with E-state index in [0.717, 1.165) is 22.5 Å². The van der Waals surface area contributed by atoms with E-state index in [4.69, 9.17) is 0 Å². The van der Waals surface area contributed by atoms with Gasteiger partial charge in [-0.1, -0.05) is 30.3 Å². The van der Waals surface area contributed by atoms with Crippen molar-refractivity contribution in [1.29, 1.82) is 0 Å². The number of hydrogen-bond acceptors (Lipinski definition) is 3. The summed E-state index contributed by atoms with van der Waals surface area (Å²) in [5.74, 6) is 0. The van der Waals surface area contributed by atoms with Crippen molar-refractivity contribution in [3.63, 3.8) is 0 Å². The quantitative estimate of drug-likeness (QED) is 0.682. The lowest BCUT2D eigenvalue weighted by Crippen LogP contribution is -1.87. The summed E-state index contributed by atoms with van der Waals surface area (Å²) in [6.45, 7) is 0. The molecule has 18 heavy (non-hydrogen) atoms. The molecule has 0 bridgehead atoms. The number of aromatic nitrogens is 3. The molecule has 0 aliphatic rings. The fraction of sp³-hybridized carbons (Fsp3) is 0. The molecule has 0 aliphatic heterocycles. The van der Waals surface area contributed by atoms with E-state index < -0.39 is 0 Å². The van der Waals surface area contributed by atoms with E-state index >= 15 is 0 Å². The van der Waals surface area contributed by atoms with Gasteiger partial charge in [-0.05, 0) is 18.2 Å². The van der Waals surface area contributed by atoms with Crippen molar-refractivity contribution < 1.29 is 0 Å². The van der Waals surface area contributed by atoms with Crippen LogP contribution in [0.5, 0.6) is 0 Å². The van der Waals surface area contributed by atoms with Gasteiger partial charge in [0.05, 0.1) is 11.4 Å². The Balaban J connectivity index is 2.05. The fourth-order valence-corrected chi connectivity index (χ4v) is 1.82. The van der Waals surface area contributed by atoms with Gasteiger partial charge in [0.1, 0.15) is 6.33 Å². The van der Waals surface area contributed by atoms with Crippen LogP contribution in [0.15, 0.2) is 67.3 Å². The molecule has 2 heterocycles. The molecule has 3 heteroatoms. The summed E-state index contributed by atoms with van der Waals surface area (Å²) < 4.78 is 0. The molecule has 0 unspecified atom stereocenters. The van der Waals surface area contributed by atoms with Gasteiger partial charge >= 0.3 is 0 Å². The van der Waals surface area contributed by atoms with E-state index in [1.807, 2.05) is 48.5 Å². The van der Waals surface area contributed by atoms with E-state index in [2.05, 4.69) is 15.0 Å². The van der Waals surface area contributed by atoms with Crippen molar-refractivity contribution in [2.45, 2.75) is 0 Å². The lowest BCUT2D eigenvalue weighted by Gasteiger charge is -2.03. The fourth-order valence-electron chi connectivity index (χ4n) is 1.82. The molecule has 86 valence electrons. The Morgan fingerprint density at radius 1 is 0.667 bits per heavy atom. The van der Waals surface area contributed by atoms with Crippen LogP contribution in [0, 0.1) is 0 Å². The SMILES string of the molecule is c1ccc(-c2cc(-c3ccncn3)ccn2)cc1. The zero-order chi connectivity index (χ0) is 12.2. The van der Waals surface area contributed by atoms with Crippen LogP contribution < -0.4 is 0 Å². The standard InChI is InChI=1S/C15H11N3/c1-2-4-12(5-3-1)15-10-13(6-9-17-15)14-7-8-16-11-18-14/h1-11H. The Morgan fingerprint density at radius 3 is 2.33 bits per heavy atom. The summed E-state index contributed by atoms with van der Waals surface area (Å²) in [5.41, 5.74) is 4.01. The smallest absolute Gasteiger partial charge is 0.116 e. The lowest BCUT2D eigenvalue weighted by atomic mass is 10.1. The molecule has 1 aromatic carbocycles. The molecule has 3 nitrogen and oxygen atoms in total. The summed E-state index contributed by atoms with van der Waals surface area (Å²) in [7, 11) is 0. The van der Waals surface area contributed by atoms with Gasteiger partial charge in [0.2, 0.25) is 0 Å². The minimum Gasteiger partial charge on any atom is -0.256 e.